The Bertz CT molecular complexity index is 936. The van der Waals surface area contributed by atoms with Gasteiger partial charge in [0.25, 0.3) is 11.8 Å². The van der Waals surface area contributed by atoms with E-state index < -0.39 is 6.04 Å². The minimum absolute atomic E-state index is 0.116. The molecule has 0 saturated carbocycles. The first-order chi connectivity index (χ1) is 15.1. The van der Waals surface area contributed by atoms with E-state index in [9.17, 15) is 9.59 Å². The number of pyridine rings is 1. The van der Waals surface area contributed by atoms with Crippen molar-refractivity contribution in [3.63, 3.8) is 0 Å². The van der Waals surface area contributed by atoms with E-state index in [0.29, 0.717) is 12.2 Å². The smallest absolute Gasteiger partial charge is 0.288 e. The number of amidine groups is 1. The van der Waals surface area contributed by atoms with Gasteiger partial charge >= 0.3 is 0 Å². The van der Waals surface area contributed by atoms with Crippen LogP contribution >= 0.6 is 0 Å². The predicted octanol–water partition coefficient (Wildman–Crippen LogP) is 2.42. The normalized spacial score (nSPS) is 19.3. The molecule has 1 atom stereocenters. The SMILES string of the molecule is CC1N=C(C(=O)NCc2ccc(N3CCCCCC3)nc2)NN(c2ccccc2)C1=O. The number of benzene rings is 1. The van der Waals surface area contributed by atoms with Crippen LogP contribution in [0.15, 0.2) is 53.7 Å². The highest BCUT2D eigenvalue weighted by Gasteiger charge is 2.30. The van der Waals surface area contributed by atoms with Crippen LogP contribution in [0.1, 0.15) is 38.2 Å². The third-order valence-electron chi connectivity index (χ3n) is 5.54. The van der Waals surface area contributed by atoms with Crippen LogP contribution in [-0.4, -0.2) is 41.8 Å². The van der Waals surface area contributed by atoms with E-state index in [2.05, 4.69) is 25.6 Å². The lowest BCUT2D eigenvalue weighted by Crippen LogP contribution is -2.57. The fourth-order valence-electron chi connectivity index (χ4n) is 3.78. The summed E-state index contributed by atoms with van der Waals surface area (Å²) in [6, 6.07) is 12.5. The molecule has 1 aromatic carbocycles. The van der Waals surface area contributed by atoms with Gasteiger partial charge < -0.3 is 10.2 Å². The molecule has 1 unspecified atom stereocenters. The molecule has 31 heavy (non-hydrogen) atoms. The zero-order valence-electron chi connectivity index (χ0n) is 17.8. The first-order valence-corrected chi connectivity index (χ1v) is 10.8. The second-order valence-corrected chi connectivity index (χ2v) is 7.88. The number of carbonyl (C=O) groups is 2. The zero-order chi connectivity index (χ0) is 21.6. The topological polar surface area (TPSA) is 89.9 Å². The number of hydrogen-bond acceptors (Lipinski definition) is 6. The second kappa shape index (κ2) is 9.59. The first-order valence-electron chi connectivity index (χ1n) is 10.8. The quantitative estimate of drug-likeness (QED) is 0.775. The molecular formula is C23H28N6O2. The summed E-state index contributed by atoms with van der Waals surface area (Å²) in [7, 11) is 0. The maximum atomic E-state index is 12.7. The van der Waals surface area contributed by atoms with Crippen molar-refractivity contribution in [2.24, 2.45) is 4.99 Å². The van der Waals surface area contributed by atoms with Crippen molar-refractivity contribution in [3.05, 3.63) is 54.2 Å². The average Bonchev–Trinajstić information content (AvgIpc) is 3.10. The van der Waals surface area contributed by atoms with Gasteiger partial charge in [0, 0.05) is 25.8 Å². The van der Waals surface area contributed by atoms with Gasteiger partial charge in [-0.05, 0) is 43.5 Å². The molecule has 0 bridgehead atoms. The molecule has 1 fully saturated rings. The van der Waals surface area contributed by atoms with Crippen LogP contribution in [0.2, 0.25) is 0 Å². The highest BCUT2D eigenvalue weighted by Crippen LogP contribution is 2.18. The highest BCUT2D eigenvalue weighted by atomic mass is 16.2. The molecule has 2 aliphatic rings. The number of hydrazine groups is 1. The molecule has 8 heteroatoms. The summed E-state index contributed by atoms with van der Waals surface area (Å²) in [6.07, 6.45) is 6.78. The number of para-hydroxylation sites is 1. The Hall–Kier alpha value is -3.42. The molecule has 2 aliphatic heterocycles. The summed E-state index contributed by atoms with van der Waals surface area (Å²) in [4.78, 5) is 36.3. The summed E-state index contributed by atoms with van der Waals surface area (Å²) in [5, 5.41) is 4.23. The lowest BCUT2D eigenvalue weighted by Gasteiger charge is -2.30. The number of nitrogens with zero attached hydrogens (tertiary/aromatic N) is 4. The third kappa shape index (κ3) is 5.02. The van der Waals surface area contributed by atoms with Gasteiger partial charge in [0.2, 0.25) is 5.84 Å². The van der Waals surface area contributed by atoms with Gasteiger partial charge in [-0.2, -0.15) is 0 Å². The van der Waals surface area contributed by atoms with E-state index in [1.807, 2.05) is 30.3 Å². The summed E-state index contributed by atoms with van der Waals surface area (Å²) in [6.45, 7) is 4.10. The summed E-state index contributed by atoms with van der Waals surface area (Å²) in [5.74, 6) is 0.527. The monoisotopic (exact) mass is 420 g/mol. The number of aliphatic imine (C=N–C) groups is 1. The highest BCUT2D eigenvalue weighted by molar-refractivity contribution is 6.39. The van der Waals surface area contributed by atoms with Gasteiger partial charge in [0.1, 0.15) is 11.9 Å². The van der Waals surface area contributed by atoms with E-state index in [-0.39, 0.29) is 17.6 Å². The van der Waals surface area contributed by atoms with E-state index in [0.717, 1.165) is 24.5 Å². The molecule has 1 saturated heterocycles. The van der Waals surface area contributed by atoms with Crippen molar-refractivity contribution in [1.29, 1.82) is 0 Å². The Morgan fingerprint density at radius 2 is 1.84 bits per heavy atom. The fraction of sp³-hybridized carbons (Fsp3) is 0.391. The summed E-state index contributed by atoms with van der Waals surface area (Å²) >= 11 is 0. The van der Waals surface area contributed by atoms with E-state index >= 15 is 0 Å². The predicted molar refractivity (Wildman–Crippen MR) is 121 cm³/mol. The molecule has 2 aromatic rings. The van der Waals surface area contributed by atoms with Crippen LogP contribution in [0.4, 0.5) is 11.5 Å². The molecule has 162 valence electrons. The Balaban J connectivity index is 1.37. The maximum Gasteiger partial charge on any atom is 0.288 e. The van der Waals surface area contributed by atoms with Gasteiger partial charge in [-0.15, -0.1) is 0 Å². The van der Waals surface area contributed by atoms with Gasteiger partial charge in [-0.1, -0.05) is 37.1 Å². The molecule has 1 aromatic heterocycles. The van der Waals surface area contributed by atoms with Crippen LogP contribution in [0.5, 0.6) is 0 Å². The van der Waals surface area contributed by atoms with Crippen molar-refractivity contribution in [3.8, 4) is 0 Å². The summed E-state index contributed by atoms with van der Waals surface area (Å²) in [5.41, 5.74) is 4.41. The molecule has 0 aliphatic carbocycles. The number of rotatable bonds is 5. The lowest BCUT2D eigenvalue weighted by atomic mass is 10.2. The Labute approximate surface area is 182 Å². The second-order valence-electron chi connectivity index (χ2n) is 7.88. The van der Waals surface area contributed by atoms with Gasteiger partial charge in [0.05, 0.1) is 5.69 Å². The molecule has 0 radical (unpaired) electrons. The van der Waals surface area contributed by atoms with Crippen molar-refractivity contribution in [2.75, 3.05) is 23.0 Å². The number of aromatic nitrogens is 1. The molecule has 8 nitrogen and oxygen atoms in total. The van der Waals surface area contributed by atoms with Crippen LogP contribution in [0.25, 0.3) is 0 Å². The van der Waals surface area contributed by atoms with Crippen LogP contribution < -0.4 is 20.7 Å². The van der Waals surface area contributed by atoms with Gasteiger partial charge in [0.15, 0.2) is 0 Å². The minimum Gasteiger partial charge on any atom is -0.357 e. The molecule has 2 amide bonds. The fourth-order valence-corrected chi connectivity index (χ4v) is 3.78. The van der Waals surface area contributed by atoms with Gasteiger partial charge in [-0.25, -0.2) is 15.0 Å². The zero-order valence-corrected chi connectivity index (χ0v) is 17.8. The Morgan fingerprint density at radius 3 is 2.52 bits per heavy atom. The van der Waals surface area contributed by atoms with Crippen LogP contribution in [0, 0.1) is 0 Å². The third-order valence-corrected chi connectivity index (χ3v) is 5.54. The van der Waals surface area contributed by atoms with Crippen LogP contribution in [0.3, 0.4) is 0 Å². The summed E-state index contributed by atoms with van der Waals surface area (Å²) < 4.78 is 0. The molecule has 2 N–H and O–H groups in total. The Kier molecular flexibility index (Phi) is 6.45. The molecule has 0 spiro atoms. The lowest BCUT2D eigenvalue weighted by molar-refractivity contribution is -0.120. The molecule has 4 rings (SSSR count). The van der Waals surface area contributed by atoms with Crippen molar-refractivity contribution in [2.45, 2.75) is 45.2 Å². The molecular weight excluding hydrogens is 392 g/mol. The van der Waals surface area contributed by atoms with Crippen molar-refractivity contribution < 1.29 is 9.59 Å². The minimum atomic E-state index is -0.642. The number of nitrogens with one attached hydrogen (secondary N) is 2. The van der Waals surface area contributed by atoms with Crippen LogP contribution in [-0.2, 0) is 16.1 Å². The first kappa shape index (κ1) is 20.8. The Morgan fingerprint density at radius 1 is 1.10 bits per heavy atom. The van der Waals surface area contributed by atoms with E-state index in [1.54, 1.807) is 25.3 Å². The maximum absolute atomic E-state index is 12.7. The average molecular weight is 421 g/mol. The standard InChI is InChI=1S/C23H28N6O2/c1-17-23(31)29(19-9-5-4-6-10-19)27-21(26-17)22(30)25-16-18-11-12-20(24-15-18)28-13-7-2-3-8-14-28/h4-6,9-12,15,17H,2-3,7-8,13-14,16H2,1H3,(H,25,30)(H,26,27). The number of hydrogen-bond donors (Lipinski definition) is 2. The number of anilines is 2. The molecule has 3 heterocycles. The van der Waals surface area contributed by atoms with E-state index in [1.165, 1.54) is 30.7 Å². The van der Waals surface area contributed by atoms with Gasteiger partial charge in [-0.3, -0.25) is 15.0 Å². The number of amides is 2. The largest absolute Gasteiger partial charge is 0.357 e. The van der Waals surface area contributed by atoms with E-state index in [4.69, 9.17) is 0 Å². The van der Waals surface area contributed by atoms with Crippen molar-refractivity contribution >= 4 is 29.2 Å². The van der Waals surface area contributed by atoms with Crippen molar-refractivity contribution in [1.82, 2.24) is 15.7 Å². The number of carbonyl (C=O) groups excluding carboxylic acids is 2.